The number of carbonyl (C=O) groups is 2. The summed E-state index contributed by atoms with van der Waals surface area (Å²) in [5.41, 5.74) is 5.30. The summed E-state index contributed by atoms with van der Waals surface area (Å²) in [4.78, 5) is 25.3. The van der Waals surface area contributed by atoms with Crippen molar-refractivity contribution in [3.05, 3.63) is 0 Å². The monoisotopic (exact) mass is 280 g/mol. The molecule has 0 aromatic heterocycles. The van der Waals surface area contributed by atoms with E-state index in [1.54, 1.807) is 4.90 Å². The van der Waals surface area contributed by atoms with Crippen LogP contribution in [0.3, 0.4) is 0 Å². The van der Waals surface area contributed by atoms with Gasteiger partial charge in [0.2, 0.25) is 5.91 Å². The first kappa shape index (κ1) is 13.7. The normalized spacial score (nSPS) is 32.8. The number of hydrogen-bond donors (Lipinski definition) is 3. The van der Waals surface area contributed by atoms with Crippen LogP contribution in [0.2, 0.25) is 0 Å². The maximum Gasteiger partial charge on any atom is 0.314 e. The van der Waals surface area contributed by atoms with Gasteiger partial charge < -0.3 is 21.3 Å². The number of carbonyl (C=O) groups excluding carboxylic acids is 2. The lowest BCUT2D eigenvalue weighted by atomic mass is 9.70. The van der Waals surface area contributed by atoms with E-state index >= 15 is 0 Å². The molecule has 3 rings (SSSR count). The average molecular weight is 280 g/mol. The van der Waals surface area contributed by atoms with Crippen LogP contribution in [0.25, 0.3) is 0 Å². The van der Waals surface area contributed by atoms with Crippen LogP contribution in [0.15, 0.2) is 0 Å². The Labute approximate surface area is 119 Å². The minimum Gasteiger partial charge on any atom is -0.356 e. The summed E-state index contributed by atoms with van der Waals surface area (Å²) < 4.78 is 0. The number of amides is 3. The van der Waals surface area contributed by atoms with E-state index in [0.29, 0.717) is 31.3 Å². The molecule has 2 saturated heterocycles. The molecule has 6 heteroatoms. The summed E-state index contributed by atoms with van der Waals surface area (Å²) >= 11 is 0. The number of urea groups is 1. The fourth-order valence-corrected chi connectivity index (χ4v) is 3.67. The molecule has 0 spiro atoms. The Morgan fingerprint density at radius 1 is 1.40 bits per heavy atom. The Morgan fingerprint density at radius 3 is 2.90 bits per heavy atom. The number of nitrogens with two attached hydrogens (primary N) is 1. The molecule has 0 aromatic rings. The smallest absolute Gasteiger partial charge is 0.314 e. The van der Waals surface area contributed by atoms with E-state index in [0.717, 1.165) is 26.1 Å². The van der Waals surface area contributed by atoms with Crippen molar-refractivity contribution in [2.75, 3.05) is 32.7 Å². The molecule has 2 heterocycles. The van der Waals surface area contributed by atoms with Crippen molar-refractivity contribution in [3.8, 4) is 0 Å². The van der Waals surface area contributed by atoms with Crippen LogP contribution in [0.4, 0.5) is 4.79 Å². The SMILES string of the molecule is NC(=O)N1CC2CNCC(CC(=O)NCC3CC3)(C2)C1. The lowest BCUT2D eigenvalue weighted by Gasteiger charge is -2.49. The van der Waals surface area contributed by atoms with Gasteiger partial charge in [-0.3, -0.25) is 4.79 Å². The molecule has 2 aliphatic heterocycles. The molecule has 112 valence electrons. The van der Waals surface area contributed by atoms with E-state index in [-0.39, 0.29) is 17.4 Å². The van der Waals surface area contributed by atoms with E-state index in [1.165, 1.54) is 12.8 Å². The lowest BCUT2D eigenvalue weighted by molar-refractivity contribution is -0.125. The molecule has 3 aliphatic rings. The third-order valence-electron chi connectivity index (χ3n) is 4.79. The van der Waals surface area contributed by atoms with Crippen molar-refractivity contribution in [1.29, 1.82) is 0 Å². The van der Waals surface area contributed by atoms with E-state index < -0.39 is 0 Å². The van der Waals surface area contributed by atoms with Gasteiger partial charge in [-0.05, 0) is 37.6 Å². The topological polar surface area (TPSA) is 87.5 Å². The van der Waals surface area contributed by atoms with Crippen molar-refractivity contribution >= 4 is 11.9 Å². The Bertz CT molecular complexity index is 410. The van der Waals surface area contributed by atoms with Crippen molar-refractivity contribution in [2.45, 2.75) is 25.7 Å². The molecule has 1 aliphatic carbocycles. The summed E-state index contributed by atoms with van der Waals surface area (Å²) in [6.45, 7) is 3.83. The average Bonchev–Trinajstić information content (AvgIpc) is 3.19. The first-order chi connectivity index (χ1) is 9.56. The number of fused-ring (bicyclic) bond motifs is 2. The van der Waals surface area contributed by atoms with Gasteiger partial charge in [0.15, 0.2) is 0 Å². The molecule has 2 bridgehead atoms. The van der Waals surface area contributed by atoms with E-state index in [2.05, 4.69) is 10.6 Å². The second kappa shape index (κ2) is 5.24. The quantitative estimate of drug-likeness (QED) is 0.671. The van der Waals surface area contributed by atoms with Gasteiger partial charge in [0.25, 0.3) is 0 Å². The van der Waals surface area contributed by atoms with Crippen molar-refractivity contribution < 1.29 is 9.59 Å². The van der Waals surface area contributed by atoms with Gasteiger partial charge in [-0.2, -0.15) is 0 Å². The zero-order chi connectivity index (χ0) is 14.2. The summed E-state index contributed by atoms with van der Waals surface area (Å²) in [5, 5.41) is 6.44. The molecule has 3 fully saturated rings. The molecule has 20 heavy (non-hydrogen) atoms. The van der Waals surface area contributed by atoms with Gasteiger partial charge in [-0.1, -0.05) is 0 Å². The molecule has 0 radical (unpaired) electrons. The van der Waals surface area contributed by atoms with Crippen LogP contribution in [-0.2, 0) is 4.79 Å². The third-order valence-corrected chi connectivity index (χ3v) is 4.79. The predicted octanol–water partition coefficient (Wildman–Crippen LogP) is -0.107. The lowest BCUT2D eigenvalue weighted by Crippen LogP contribution is -2.60. The maximum absolute atomic E-state index is 12.1. The van der Waals surface area contributed by atoms with E-state index in [1.807, 2.05) is 0 Å². The highest BCUT2D eigenvalue weighted by molar-refractivity contribution is 5.77. The van der Waals surface area contributed by atoms with Crippen LogP contribution >= 0.6 is 0 Å². The number of rotatable bonds is 4. The van der Waals surface area contributed by atoms with Crippen LogP contribution in [0.5, 0.6) is 0 Å². The highest BCUT2D eigenvalue weighted by Crippen LogP contribution is 2.38. The molecular formula is C14H24N4O2. The first-order valence-corrected chi connectivity index (χ1v) is 7.58. The predicted molar refractivity (Wildman–Crippen MR) is 74.9 cm³/mol. The molecule has 1 saturated carbocycles. The highest BCUT2D eigenvalue weighted by Gasteiger charge is 2.44. The van der Waals surface area contributed by atoms with Gasteiger partial charge in [0, 0.05) is 38.0 Å². The Balaban J connectivity index is 1.61. The van der Waals surface area contributed by atoms with Gasteiger partial charge in [0.05, 0.1) is 0 Å². The second-order valence-corrected chi connectivity index (χ2v) is 6.84. The number of primary amides is 1. The number of likely N-dealkylation sites (tertiary alicyclic amines) is 1. The van der Waals surface area contributed by atoms with E-state index in [4.69, 9.17) is 5.73 Å². The molecule has 6 nitrogen and oxygen atoms in total. The van der Waals surface area contributed by atoms with Crippen molar-refractivity contribution in [1.82, 2.24) is 15.5 Å². The zero-order valence-corrected chi connectivity index (χ0v) is 11.9. The highest BCUT2D eigenvalue weighted by atomic mass is 16.2. The van der Waals surface area contributed by atoms with Gasteiger partial charge in [-0.25, -0.2) is 4.79 Å². The fraction of sp³-hybridized carbons (Fsp3) is 0.857. The van der Waals surface area contributed by atoms with Crippen LogP contribution < -0.4 is 16.4 Å². The largest absolute Gasteiger partial charge is 0.356 e. The molecular weight excluding hydrogens is 256 g/mol. The van der Waals surface area contributed by atoms with Crippen LogP contribution in [0.1, 0.15) is 25.7 Å². The number of nitrogens with zero attached hydrogens (tertiary/aromatic N) is 1. The fourth-order valence-electron chi connectivity index (χ4n) is 3.67. The maximum atomic E-state index is 12.1. The van der Waals surface area contributed by atoms with E-state index in [9.17, 15) is 9.59 Å². The number of piperidine rings is 2. The van der Waals surface area contributed by atoms with Crippen LogP contribution in [0, 0.1) is 17.3 Å². The number of nitrogens with one attached hydrogen (secondary N) is 2. The van der Waals surface area contributed by atoms with Gasteiger partial charge >= 0.3 is 6.03 Å². The second-order valence-electron chi connectivity index (χ2n) is 6.84. The van der Waals surface area contributed by atoms with Gasteiger partial charge in [0.1, 0.15) is 0 Å². The molecule has 4 N–H and O–H groups in total. The Morgan fingerprint density at radius 2 is 2.20 bits per heavy atom. The Hall–Kier alpha value is -1.30. The van der Waals surface area contributed by atoms with Crippen molar-refractivity contribution in [2.24, 2.45) is 23.0 Å². The zero-order valence-electron chi connectivity index (χ0n) is 11.9. The van der Waals surface area contributed by atoms with Crippen LogP contribution in [-0.4, -0.2) is 49.6 Å². The van der Waals surface area contributed by atoms with Crippen molar-refractivity contribution in [3.63, 3.8) is 0 Å². The number of hydrogen-bond acceptors (Lipinski definition) is 3. The molecule has 2 atom stereocenters. The molecule has 2 unspecified atom stereocenters. The molecule has 3 amide bonds. The standard InChI is InChI=1S/C14H24N4O2/c15-13(20)18-7-11-3-14(9-18,8-16-5-11)4-12(19)17-6-10-1-2-10/h10-11,16H,1-9H2,(H2,15,20)(H,17,19). The Kier molecular flexibility index (Phi) is 3.58. The third kappa shape index (κ3) is 3.06. The molecule has 0 aromatic carbocycles. The van der Waals surface area contributed by atoms with Gasteiger partial charge in [-0.15, -0.1) is 0 Å². The minimum absolute atomic E-state index is 0.116. The summed E-state index contributed by atoms with van der Waals surface area (Å²) in [5.74, 6) is 1.23. The first-order valence-electron chi connectivity index (χ1n) is 7.58. The summed E-state index contributed by atoms with van der Waals surface area (Å²) in [6.07, 6.45) is 3.99. The summed E-state index contributed by atoms with van der Waals surface area (Å²) in [7, 11) is 0. The minimum atomic E-state index is -0.362. The summed E-state index contributed by atoms with van der Waals surface area (Å²) in [6, 6.07) is -0.362.